The van der Waals surface area contributed by atoms with Crippen LogP contribution in [-0.2, 0) is 4.74 Å². The standard InChI is InChI=1S/C16H23N5O2/c22-15(20-7-1-2-8-20)21-9-4-16(12-21)10-13(11-23-16)19-14-17-5-3-6-18-14/h3,5-6,13H,1-2,4,7-12H2,(H,17,18,19)/t13-,16-/m0/s1. The van der Waals surface area contributed by atoms with Crippen LogP contribution in [0, 0.1) is 0 Å². The lowest BCUT2D eigenvalue weighted by atomic mass is 9.97. The fraction of sp³-hybridized carbons (Fsp3) is 0.688. The van der Waals surface area contributed by atoms with E-state index in [-0.39, 0.29) is 17.7 Å². The molecule has 2 atom stereocenters. The summed E-state index contributed by atoms with van der Waals surface area (Å²) in [6, 6.07) is 2.20. The summed E-state index contributed by atoms with van der Waals surface area (Å²) in [4.78, 5) is 24.9. The Morgan fingerprint density at radius 1 is 1.22 bits per heavy atom. The molecule has 0 aromatic carbocycles. The second-order valence-corrected chi connectivity index (χ2v) is 6.76. The molecule has 0 radical (unpaired) electrons. The third-order valence-electron chi connectivity index (χ3n) is 5.07. The zero-order chi connectivity index (χ0) is 15.7. The van der Waals surface area contributed by atoms with Crippen LogP contribution in [0.25, 0.3) is 0 Å². The Hall–Kier alpha value is -1.89. The summed E-state index contributed by atoms with van der Waals surface area (Å²) >= 11 is 0. The van der Waals surface area contributed by atoms with Crippen molar-refractivity contribution in [3.8, 4) is 0 Å². The summed E-state index contributed by atoms with van der Waals surface area (Å²) in [7, 11) is 0. The maximum atomic E-state index is 12.5. The minimum Gasteiger partial charge on any atom is -0.371 e. The number of aromatic nitrogens is 2. The topological polar surface area (TPSA) is 70.6 Å². The highest BCUT2D eigenvalue weighted by molar-refractivity contribution is 5.75. The summed E-state index contributed by atoms with van der Waals surface area (Å²) < 4.78 is 6.10. The van der Waals surface area contributed by atoms with E-state index in [4.69, 9.17) is 4.74 Å². The molecule has 4 heterocycles. The number of carbonyl (C=O) groups excluding carboxylic acids is 1. The predicted octanol–water partition coefficient (Wildman–Crippen LogP) is 1.34. The monoisotopic (exact) mass is 317 g/mol. The number of anilines is 1. The largest absolute Gasteiger partial charge is 0.371 e. The molecule has 1 aromatic rings. The second kappa shape index (κ2) is 5.96. The summed E-state index contributed by atoms with van der Waals surface area (Å²) in [5, 5.41) is 3.33. The number of nitrogens with one attached hydrogen (secondary N) is 1. The Bertz CT molecular complexity index is 563. The van der Waals surface area contributed by atoms with Crippen molar-refractivity contribution in [2.75, 3.05) is 38.1 Å². The SMILES string of the molecule is O=C(N1CCCC1)N1CC[C@]2(C[C@H](Nc3ncccn3)CO2)C1. The van der Waals surface area contributed by atoms with Gasteiger partial charge < -0.3 is 19.9 Å². The van der Waals surface area contributed by atoms with Crippen LogP contribution in [0.15, 0.2) is 18.5 Å². The van der Waals surface area contributed by atoms with Crippen molar-refractivity contribution in [2.45, 2.75) is 37.3 Å². The van der Waals surface area contributed by atoms with E-state index in [1.807, 2.05) is 9.80 Å². The van der Waals surface area contributed by atoms with Gasteiger partial charge in [0.25, 0.3) is 0 Å². The highest BCUT2D eigenvalue weighted by atomic mass is 16.5. The van der Waals surface area contributed by atoms with Gasteiger partial charge in [0.2, 0.25) is 5.95 Å². The number of hydrogen-bond acceptors (Lipinski definition) is 5. The maximum absolute atomic E-state index is 12.5. The lowest BCUT2D eigenvalue weighted by molar-refractivity contribution is 0.0141. The summed E-state index contributed by atoms with van der Waals surface area (Å²) in [6.45, 7) is 3.95. The number of likely N-dealkylation sites (tertiary alicyclic amines) is 2. The van der Waals surface area contributed by atoms with Crippen LogP contribution >= 0.6 is 0 Å². The number of ether oxygens (including phenoxy) is 1. The first-order chi connectivity index (χ1) is 11.2. The summed E-state index contributed by atoms with van der Waals surface area (Å²) in [5.74, 6) is 0.640. The van der Waals surface area contributed by atoms with Gasteiger partial charge in [0.1, 0.15) is 0 Å². The normalized spacial score (nSPS) is 30.3. The molecular weight excluding hydrogens is 294 g/mol. The molecule has 3 saturated heterocycles. The molecule has 7 nitrogen and oxygen atoms in total. The molecule has 0 aliphatic carbocycles. The molecule has 7 heteroatoms. The molecule has 3 aliphatic rings. The Balaban J connectivity index is 1.34. The van der Waals surface area contributed by atoms with Gasteiger partial charge in [-0.1, -0.05) is 0 Å². The Morgan fingerprint density at radius 3 is 2.78 bits per heavy atom. The number of rotatable bonds is 2. The predicted molar refractivity (Wildman–Crippen MR) is 85.1 cm³/mol. The van der Waals surface area contributed by atoms with Gasteiger partial charge in [0.05, 0.1) is 24.8 Å². The first-order valence-corrected chi connectivity index (χ1v) is 8.46. The van der Waals surface area contributed by atoms with Crippen molar-refractivity contribution in [3.05, 3.63) is 18.5 Å². The molecule has 23 heavy (non-hydrogen) atoms. The number of amides is 2. The lowest BCUT2D eigenvalue weighted by Crippen LogP contribution is -2.43. The average molecular weight is 317 g/mol. The molecule has 1 spiro atoms. The van der Waals surface area contributed by atoms with Gasteiger partial charge in [-0.15, -0.1) is 0 Å². The fourth-order valence-corrected chi connectivity index (χ4v) is 3.89. The van der Waals surface area contributed by atoms with E-state index in [1.165, 1.54) is 0 Å². The van der Waals surface area contributed by atoms with Gasteiger partial charge in [0.15, 0.2) is 0 Å². The maximum Gasteiger partial charge on any atom is 0.320 e. The van der Waals surface area contributed by atoms with Crippen molar-refractivity contribution in [2.24, 2.45) is 0 Å². The van der Waals surface area contributed by atoms with Crippen molar-refractivity contribution in [1.82, 2.24) is 19.8 Å². The number of urea groups is 1. The van der Waals surface area contributed by atoms with E-state index in [0.29, 0.717) is 19.1 Å². The Kier molecular flexibility index (Phi) is 3.80. The van der Waals surface area contributed by atoms with Crippen molar-refractivity contribution < 1.29 is 9.53 Å². The van der Waals surface area contributed by atoms with Crippen molar-refractivity contribution >= 4 is 12.0 Å². The highest BCUT2D eigenvalue weighted by Gasteiger charge is 2.47. The van der Waals surface area contributed by atoms with Crippen molar-refractivity contribution in [1.29, 1.82) is 0 Å². The van der Waals surface area contributed by atoms with E-state index in [1.54, 1.807) is 18.5 Å². The molecule has 0 bridgehead atoms. The van der Waals surface area contributed by atoms with E-state index >= 15 is 0 Å². The van der Waals surface area contributed by atoms with Gasteiger partial charge in [-0.2, -0.15) is 0 Å². The van der Waals surface area contributed by atoms with Gasteiger partial charge >= 0.3 is 6.03 Å². The molecular formula is C16H23N5O2. The average Bonchev–Trinajstić information content (AvgIpc) is 3.31. The smallest absolute Gasteiger partial charge is 0.320 e. The van der Waals surface area contributed by atoms with Crippen LogP contribution in [0.1, 0.15) is 25.7 Å². The molecule has 3 aliphatic heterocycles. The van der Waals surface area contributed by atoms with E-state index in [9.17, 15) is 4.79 Å². The highest BCUT2D eigenvalue weighted by Crippen LogP contribution is 2.36. The minimum atomic E-state index is -0.193. The van der Waals surface area contributed by atoms with E-state index in [0.717, 1.165) is 45.3 Å². The summed E-state index contributed by atoms with van der Waals surface area (Å²) in [5.41, 5.74) is -0.193. The molecule has 0 unspecified atom stereocenters. The number of nitrogens with zero attached hydrogens (tertiary/aromatic N) is 4. The number of hydrogen-bond donors (Lipinski definition) is 1. The van der Waals surface area contributed by atoms with Gasteiger partial charge in [-0.25, -0.2) is 14.8 Å². The number of carbonyl (C=O) groups is 1. The Labute approximate surface area is 136 Å². The quantitative estimate of drug-likeness (QED) is 0.891. The van der Waals surface area contributed by atoms with Crippen LogP contribution in [0.2, 0.25) is 0 Å². The molecule has 124 valence electrons. The first-order valence-electron chi connectivity index (χ1n) is 8.46. The first kappa shape index (κ1) is 14.7. The Morgan fingerprint density at radius 2 is 2.00 bits per heavy atom. The third kappa shape index (κ3) is 2.97. The molecule has 1 aromatic heterocycles. The second-order valence-electron chi connectivity index (χ2n) is 6.76. The van der Waals surface area contributed by atoms with Crippen LogP contribution in [0.3, 0.4) is 0 Å². The molecule has 3 fully saturated rings. The van der Waals surface area contributed by atoms with Crippen LogP contribution < -0.4 is 5.32 Å². The minimum absolute atomic E-state index is 0.186. The molecule has 1 N–H and O–H groups in total. The zero-order valence-electron chi connectivity index (χ0n) is 13.3. The van der Waals surface area contributed by atoms with Gasteiger partial charge in [-0.3, -0.25) is 0 Å². The van der Waals surface area contributed by atoms with Crippen LogP contribution in [0.4, 0.5) is 10.7 Å². The fourth-order valence-electron chi connectivity index (χ4n) is 3.89. The van der Waals surface area contributed by atoms with E-state index < -0.39 is 0 Å². The lowest BCUT2D eigenvalue weighted by Gasteiger charge is -2.26. The molecule has 0 saturated carbocycles. The van der Waals surface area contributed by atoms with E-state index in [2.05, 4.69) is 15.3 Å². The van der Waals surface area contributed by atoms with Crippen LogP contribution in [-0.4, -0.2) is 70.2 Å². The van der Waals surface area contributed by atoms with Crippen LogP contribution in [0.5, 0.6) is 0 Å². The van der Waals surface area contributed by atoms with Gasteiger partial charge in [0, 0.05) is 38.4 Å². The van der Waals surface area contributed by atoms with Gasteiger partial charge in [-0.05, 0) is 25.3 Å². The summed E-state index contributed by atoms with van der Waals surface area (Å²) in [6.07, 6.45) is 7.53. The third-order valence-corrected chi connectivity index (χ3v) is 5.07. The van der Waals surface area contributed by atoms with Crippen molar-refractivity contribution in [3.63, 3.8) is 0 Å². The molecule has 2 amide bonds. The zero-order valence-corrected chi connectivity index (χ0v) is 13.3. The molecule has 4 rings (SSSR count).